The number of ether oxygens (including phenoxy) is 1. The highest BCUT2D eigenvalue weighted by atomic mass is 19.1. The summed E-state index contributed by atoms with van der Waals surface area (Å²) >= 11 is 0. The van der Waals surface area contributed by atoms with Gasteiger partial charge in [-0.05, 0) is 67.9 Å². The summed E-state index contributed by atoms with van der Waals surface area (Å²) < 4.78 is 24.9. The van der Waals surface area contributed by atoms with E-state index in [0.29, 0.717) is 17.1 Å². The van der Waals surface area contributed by atoms with Crippen molar-refractivity contribution in [2.24, 2.45) is 0 Å². The van der Waals surface area contributed by atoms with Gasteiger partial charge in [-0.25, -0.2) is 4.39 Å². The number of furan rings is 1. The molecule has 0 saturated carbocycles. The number of amides is 1. The maximum Gasteiger partial charge on any atom is 0.300 e. The lowest BCUT2D eigenvalue weighted by Gasteiger charge is -2.23. The third-order valence-electron chi connectivity index (χ3n) is 5.23. The largest absolute Gasteiger partial charge is 0.507 e. The van der Waals surface area contributed by atoms with Gasteiger partial charge in [0.1, 0.15) is 34.9 Å². The summed E-state index contributed by atoms with van der Waals surface area (Å²) in [6, 6.07) is 12.6. The van der Waals surface area contributed by atoms with E-state index in [4.69, 9.17) is 9.15 Å². The van der Waals surface area contributed by atoms with Gasteiger partial charge in [0.25, 0.3) is 11.7 Å². The van der Waals surface area contributed by atoms with Crippen LogP contribution in [0.3, 0.4) is 0 Å². The minimum absolute atomic E-state index is 0.131. The Kier molecular flexibility index (Phi) is 5.10. The van der Waals surface area contributed by atoms with E-state index in [-0.39, 0.29) is 22.8 Å². The van der Waals surface area contributed by atoms with Crippen LogP contribution in [-0.2, 0) is 9.59 Å². The van der Waals surface area contributed by atoms with E-state index in [0.717, 1.165) is 16.5 Å². The number of rotatable bonds is 4. The molecule has 1 aliphatic rings. The Hall–Kier alpha value is -3.87. The van der Waals surface area contributed by atoms with Crippen molar-refractivity contribution >= 4 is 23.1 Å². The Morgan fingerprint density at radius 1 is 1.10 bits per heavy atom. The molecule has 6 nitrogen and oxygen atoms in total. The lowest BCUT2D eigenvalue weighted by atomic mass is 9.98. The van der Waals surface area contributed by atoms with E-state index >= 15 is 0 Å². The van der Waals surface area contributed by atoms with E-state index in [2.05, 4.69) is 0 Å². The highest BCUT2D eigenvalue weighted by Crippen LogP contribution is 2.43. The second kappa shape index (κ2) is 7.75. The molecule has 0 bridgehead atoms. The zero-order chi connectivity index (χ0) is 22.3. The zero-order valence-electron chi connectivity index (χ0n) is 17.2. The molecule has 1 unspecified atom stereocenters. The Morgan fingerprint density at radius 3 is 2.48 bits per heavy atom. The van der Waals surface area contributed by atoms with Crippen LogP contribution in [0.2, 0.25) is 0 Å². The Bertz CT molecular complexity index is 1230. The summed E-state index contributed by atoms with van der Waals surface area (Å²) in [5.41, 5.74) is 1.15. The van der Waals surface area contributed by atoms with Crippen molar-refractivity contribution in [1.29, 1.82) is 0 Å². The molecule has 4 rings (SSSR count). The fourth-order valence-corrected chi connectivity index (χ4v) is 3.78. The van der Waals surface area contributed by atoms with E-state index in [1.807, 2.05) is 0 Å². The van der Waals surface area contributed by atoms with Crippen LogP contribution in [0.15, 0.2) is 64.6 Å². The molecule has 0 radical (unpaired) electrons. The lowest BCUT2D eigenvalue weighted by Crippen LogP contribution is -2.29. The number of carbonyl (C=O) groups is 2. The summed E-state index contributed by atoms with van der Waals surface area (Å²) in [5, 5.41) is 11.1. The number of hydrogen-bond acceptors (Lipinski definition) is 5. The first kappa shape index (κ1) is 20.4. The van der Waals surface area contributed by atoms with Crippen LogP contribution in [0, 0.1) is 19.7 Å². The van der Waals surface area contributed by atoms with Gasteiger partial charge in [0.15, 0.2) is 0 Å². The normalized spacial score (nSPS) is 17.9. The quantitative estimate of drug-likeness (QED) is 0.376. The van der Waals surface area contributed by atoms with Gasteiger partial charge in [0.2, 0.25) is 0 Å². The Morgan fingerprint density at radius 2 is 1.87 bits per heavy atom. The molecule has 7 heteroatoms. The number of anilines is 1. The summed E-state index contributed by atoms with van der Waals surface area (Å²) in [7, 11) is 1.53. The van der Waals surface area contributed by atoms with Crippen LogP contribution in [0.5, 0.6) is 5.75 Å². The van der Waals surface area contributed by atoms with Gasteiger partial charge in [-0.1, -0.05) is 6.07 Å². The van der Waals surface area contributed by atoms with Gasteiger partial charge in [-0.2, -0.15) is 0 Å². The minimum atomic E-state index is -1.04. The molecule has 1 N–H and O–H groups in total. The molecule has 0 spiro atoms. The number of ketones is 1. The van der Waals surface area contributed by atoms with E-state index < -0.39 is 23.5 Å². The predicted molar refractivity (Wildman–Crippen MR) is 112 cm³/mol. The molecule has 3 aromatic rings. The molecular formula is C24H20FNO5. The fourth-order valence-electron chi connectivity index (χ4n) is 3.78. The number of methoxy groups -OCH3 is 1. The van der Waals surface area contributed by atoms with Crippen molar-refractivity contribution in [3.63, 3.8) is 0 Å². The van der Waals surface area contributed by atoms with Gasteiger partial charge in [0.05, 0.1) is 12.7 Å². The van der Waals surface area contributed by atoms with Gasteiger partial charge < -0.3 is 14.3 Å². The number of benzene rings is 2. The molecule has 1 amide bonds. The van der Waals surface area contributed by atoms with Crippen LogP contribution in [0.1, 0.15) is 28.7 Å². The smallest absolute Gasteiger partial charge is 0.300 e. The third-order valence-corrected chi connectivity index (χ3v) is 5.23. The molecule has 1 atom stereocenters. The van der Waals surface area contributed by atoms with Crippen molar-refractivity contribution in [1.82, 2.24) is 0 Å². The Labute approximate surface area is 178 Å². The maximum atomic E-state index is 13.9. The van der Waals surface area contributed by atoms with Crippen LogP contribution in [0.25, 0.3) is 5.76 Å². The second-order valence-electron chi connectivity index (χ2n) is 7.28. The first-order valence-electron chi connectivity index (χ1n) is 9.59. The molecule has 0 aliphatic carbocycles. The number of aliphatic hydroxyl groups is 1. The highest BCUT2D eigenvalue weighted by Gasteiger charge is 2.48. The van der Waals surface area contributed by atoms with Gasteiger partial charge in [-0.15, -0.1) is 0 Å². The summed E-state index contributed by atoms with van der Waals surface area (Å²) in [6.45, 7) is 3.53. The van der Waals surface area contributed by atoms with Crippen molar-refractivity contribution < 1.29 is 28.2 Å². The number of carbonyl (C=O) groups excluding carboxylic acids is 2. The molecule has 1 aliphatic heterocycles. The first-order chi connectivity index (χ1) is 14.8. The average Bonchev–Trinajstić information content (AvgIpc) is 3.28. The van der Waals surface area contributed by atoms with Crippen LogP contribution >= 0.6 is 0 Å². The van der Waals surface area contributed by atoms with Gasteiger partial charge >= 0.3 is 0 Å². The molecule has 2 aromatic carbocycles. The monoisotopic (exact) mass is 421 g/mol. The van der Waals surface area contributed by atoms with Crippen LogP contribution < -0.4 is 9.64 Å². The molecule has 1 aromatic heterocycles. The van der Waals surface area contributed by atoms with Crippen molar-refractivity contribution in [2.75, 3.05) is 12.0 Å². The molecule has 158 valence electrons. The zero-order valence-corrected chi connectivity index (χ0v) is 17.2. The maximum absolute atomic E-state index is 13.9. The van der Waals surface area contributed by atoms with Crippen LogP contribution in [0.4, 0.5) is 10.1 Å². The molecular weight excluding hydrogens is 401 g/mol. The fraction of sp³-hybridized carbons (Fsp3) is 0.167. The topological polar surface area (TPSA) is 80.0 Å². The number of Topliss-reactive ketones (excluding diaryl/α,β-unsaturated/α-hetero) is 1. The SMILES string of the molecule is COc1ccc(/C(O)=C2/C(=O)C(=O)N(c3cccc(F)c3)C2c2ccc(C)o2)cc1C. The van der Waals surface area contributed by atoms with E-state index in [1.165, 1.54) is 25.3 Å². The minimum Gasteiger partial charge on any atom is -0.507 e. The second-order valence-corrected chi connectivity index (χ2v) is 7.28. The number of aliphatic hydroxyl groups excluding tert-OH is 1. The molecule has 1 saturated heterocycles. The Balaban J connectivity index is 1.93. The van der Waals surface area contributed by atoms with E-state index in [9.17, 15) is 19.1 Å². The standard InChI is InChI=1S/C24H20FNO5/c1-13-11-15(8-10-18(13)30-3)22(27)20-21(19-9-7-14(2)31-19)26(24(29)23(20)28)17-6-4-5-16(25)12-17/h4-12,21,27H,1-3H3/b22-20-. The predicted octanol–water partition coefficient (Wildman–Crippen LogP) is 4.67. The molecule has 31 heavy (non-hydrogen) atoms. The number of hydrogen-bond donors (Lipinski definition) is 1. The number of halogens is 1. The first-order valence-corrected chi connectivity index (χ1v) is 9.59. The van der Waals surface area contributed by atoms with E-state index in [1.54, 1.807) is 44.2 Å². The number of aryl methyl sites for hydroxylation is 2. The average molecular weight is 421 g/mol. The summed E-state index contributed by atoms with van der Waals surface area (Å²) in [6.07, 6.45) is 0. The van der Waals surface area contributed by atoms with Crippen molar-refractivity contribution in [2.45, 2.75) is 19.9 Å². The van der Waals surface area contributed by atoms with Crippen molar-refractivity contribution in [3.05, 3.63) is 88.6 Å². The molecule has 2 heterocycles. The van der Waals surface area contributed by atoms with Crippen molar-refractivity contribution in [3.8, 4) is 5.75 Å². The summed E-state index contributed by atoms with van der Waals surface area (Å²) in [5.74, 6) is -1.19. The third kappa shape index (κ3) is 3.48. The number of nitrogens with zero attached hydrogens (tertiary/aromatic N) is 1. The highest BCUT2D eigenvalue weighted by molar-refractivity contribution is 6.51. The van der Waals surface area contributed by atoms with Gasteiger partial charge in [-0.3, -0.25) is 14.5 Å². The lowest BCUT2D eigenvalue weighted by molar-refractivity contribution is -0.132. The van der Waals surface area contributed by atoms with Crippen LogP contribution in [-0.4, -0.2) is 23.9 Å². The summed E-state index contributed by atoms with van der Waals surface area (Å²) in [4.78, 5) is 27.1. The van der Waals surface area contributed by atoms with Gasteiger partial charge in [0, 0.05) is 11.3 Å². The molecule has 1 fully saturated rings.